The summed E-state index contributed by atoms with van der Waals surface area (Å²) in [5, 5.41) is 18.0. The minimum atomic E-state index is -1.09. The van der Waals surface area contributed by atoms with Crippen molar-refractivity contribution in [2.45, 2.75) is 13.3 Å². The van der Waals surface area contributed by atoms with Crippen molar-refractivity contribution in [3.8, 4) is 11.5 Å². The summed E-state index contributed by atoms with van der Waals surface area (Å²) in [4.78, 5) is 26.4. The van der Waals surface area contributed by atoms with E-state index in [4.69, 9.17) is 19.7 Å². The number of rotatable bonds is 9. The summed E-state index contributed by atoms with van der Waals surface area (Å²) in [6, 6.07) is 8.19. The molecule has 2 aromatic rings. The summed E-state index contributed by atoms with van der Waals surface area (Å²) >= 11 is 0. The lowest BCUT2D eigenvalue weighted by molar-refractivity contribution is -0.139. The molecule has 0 unspecified atom stereocenters. The average Bonchev–Trinajstić information content (AvgIpc) is 2.65. The number of aliphatic imine (C=N–C) groups is 1. The van der Waals surface area contributed by atoms with Crippen LogP contribution >= 0.6 is 0 Å². The van der Waals surface area contributed by atoms with E-state index in [1.807, 2.05) is 6.92 Å². The summed E-state index contributed by atoms with van der Waals surface area (Å²) in [5.41, 5.74) is 2.92. The van der Waals surface area contributed by atoms with Crippen LogP contribution in [0.1, 0.15) is 27.0 Å². The van der Waals surface area contributed by atoms with Gasteiger partial charge in [-0.1, -0.05) is 12.1 Å². The zero-order valence-corrected chi connectivity index (χ0v) is 15.6. The van der Waals surface area contributed by atoms with E-state index in [2.05, 4.69) is 11.6 Å². The maximum absolute atomic E-state index is 11.2. The first kappa shape index (κ1) is 20.7. The first-order valence-corrected chi connectivity index (χ1v) is 8.40. The SMILES string of the molecule is C=CCc1cc(C=Nc2cc(C(=O)O)ccc2C)cc(OC)c1OCC(=O)O. The van der Waals surface area contributed by atoms with E-state index in [0.717, 1.165) is 5.56 Å². The fraction of sp³-hybridized carbons (Fsp3) is 0.190. The Morgan fingerprint density at radius 3 is 2.57 bits per heavy atom. The van der Waals surface area contributed by atoms with Crippen LogP contribution in [0.25, 0.3) is 0 Å². The number of hydrogen-bond donors (Lipinski definition) is 2. The highest BCUT2D eigenvalue weighted by Crippen LogP contribution is 2.33. The number of ether oxygens (including phenoxy) is 2. The van der Waals surface area contributed by atoms with E-state index in [-0.39, 0.29) is 5.56 Å². The van der Waals surface area contributed by atoms with Gasteiger partial charge in [0, 0.05) is 11.8 Å². The lowest BCUT2D eigenvalue weighted by Gasteiger charge is -2.14. The maximum atomic E-state index is 11.2. The summed E-state index contributed by atoms with van der Waals surface area (Å²) in [7, 11) is 1.46. The molecule has 0 aromatic heterocycles. The second kappa shape index (κ2) is 9.36. The second-order valence-corrected chi connectivity index (χ2v) is 5.95. The van der Waals surface area contributed by atoms with Crippen LogP contribution in [0.2, 0.25) is 0 Å². The monoisotopic (exact) mass is 383 g/mol. The topological polar surface area (TPSA) is 105 Å². The van der Waals surface area contributed by atoms with Crippen molar-refractivity contribution < 1.29 is 29.3 Å². The van der Waals surface area contributed by atoms with Crippen molar-refractivity contribution in [2.75, 3.05) is 13.7 Å². The summed E-state index contributed by atoms with van der Waals surface area (Å²) in [6.45, 7) is 5.05. The molecule has 28 heavy (non-hydrogen) atoms. The van der Waals surface area contributed by atoms with Gasteiger partial charge in [0.1, 0.15) is 0 Å². The predicted octanol–water partition coefficient (Wildman–Crippen LogP) is 3.64. The normalized spacial score (nSPS) is 10.6. The van der Waals surface area contributed by atoms with Gasteiger partial charge in [-0.3, -0.25) is 4.99 Å². The van der Waals surface area contributed by atoms with E-state index >= 15 is 0 Å². The number of allylic oxidation sites excluding steroid dienone is 1. The van der Waals surface area contributed by atoms with Gasteiger partial charge in [-0.25, -0.2) is 9.59 Å². The van der Waals surface area contributed by atoms with Crippen molar-refractivity contribution >= 4 is 23.8 Å². The molecule has 0 bridgehead atoms. The highest BCUT2D eigenvalue weighted by molar-refractivity contribution is 5.90. The number of nitrogens with zero attached hydrogens (tertiary/aromatic N) is 1. The number of carboxylic acid groups (broad SMARTS) is 2. The number of methoxy groups -OCH3 is 1. The first-order valence-electron chi connectivity index (χ1n) is 8.40. The molecular formula is C21H21NO6. The van der Waals surface area contributed by atoms with Gasteiger partial charge in [0.15, 0.2) is 18.1 Å². The Morgan fingerprint density at radius 2 is 1.96 bits per heavy atom. The Bertz CT molecular complexity index is 933. The molecule has 146 valence electrons. The van der Waals surface area contributed by atoms with Crippen LogP contribution in [0, 0.1) is 6.92 Å². The minimum absolute atomic E-state index is 0.153. The zero-order valence-electron chi connectivity index (χ0n) is 15.6. The van der Waals surface area contributed by atoms with Crippen LogP contribution in [0.5, 0.6) is 11.5 Å². The van der Waals surface area contributed by atoms with Gasteiger partial charge in [0.25, 0.3) is 0 Å². The standard InChI is InChI=1S/C21H21NO6/c1-4-5-15-8-14(9-18(27-3)20(15)28-12-19(23)24)11-22-17-10-16(21(25)26)7-6-13(17)2/h4,6-11H,1,5,12H2,2-3H3,(H,23,24)(H,25,26). The average molecular weight is 383 g/mol. The van der Waals surface area contributed by atoms with Crippen molar-refractivity contribution in [1.29, 1.82) is 0 Å². The van der Waals surface area contributed by atoms with Gasteiger partial charge in [-0.05, 0) is 48.7 Å². The van der Waals surface area contributed by atoms with Gasteiger partial charge in [0.2, 0.25) is 0 Å². The minimum Gasteiger partial charge on any atom is -0.493 e. The van der Waals surface area contributed by atoms with Crippen molar-refractivity contribution in [3.63, 3.8) is 0 Å². The second-order valence-electron chi connectivity index (χ2n) is 5.95. The third-order valence-electron chi connectivity index (χ3n) is 3.89. The van der Waals surface area contributed by atoms with E-state index in [1.165, 1.54) is 19.2 Å². The Labute approximate surface area is 162 Å². The zero-order chi connectivity index (χ0) is 20.7. The number of aromatic carboxylic acids is 1. The molecule has 7 nitrogen and oxygen atoms in total. The number of benzene rings is 2. The van der Waals surface area contributed by atoms with Gasteiger partial charge < -0.3 is 19.7 Å². The fourth-order valence-electron chi connectivity index (χ4n) is 2.54. The molecule has 0 aliphatic carbocycles. The molecule has 0 fully saturated rings. The van der Waals surface area contributed by atoms with Gasteiger partial charge >= 0.3 is 11.9 Å². The molecule has 0 atom stereocenters. The van der Waals surface area contributed by atoms with Crippen LogP contribution in [0.15, 0.2) is 48.0 Å². The third-order valence-corrected chi connectivity index (χ3v) is 3.89. The summed E-state index contributed by atoms with van der Waals surface area (Å²) in [6.07, 6.45) is 3.70. The molecule has 0 aliphatic rings. The Morgan fingerprint density at radius 1 is 1.21 bits per heavy atom. The van der Waals surface area contributed by atoms with Crippen molar-refractivity contribution in [3.05, 3.63) is 65.2 Å². The van der Waals surface area contributed by atoms with Gasteiger partial charge in [-0.2, -0.15) is 0 Å². The van der Waals surface area contributed by atoms with Gasteiger partial charge in [0.05, 0.1) is 18.4 Å². The molecule has 0 spiro atoms. The van der Waals surface area contributed by atoms with Crippen LogP contribution < -0.4 is 9.47 Å². The molecule has 0 saturated carbocycles. The molecule has 7 heteroatoms. The molecule has 2 N–H and O–H groups in total. The van der Waals surface area contributed by atoms with Gasteiger partial charge in [-0.15, -0.1) is 6.58 Å². The first-order chi connectivity index (χ1) is 13.3. The molecule has 2 aromatic carbocycles. The molecule has 0 aliphatic heterocycles. The molecule has 0 saturated heterocycles. The van der Waals surface area contributed by atoms with E-state index in [9.17, 15) is 9.59 Å². The molecule has 0 amide bonds. The molecule has 0 radical (unpaired) electrons. The largest absolute Gasteiger partial charge is 0.493 e. The van der Waals surface area contributed by atoms with E-state index < -0.39 is 18.5 Å². The fourth-order valence-corrected chi connectivity index (χ4v) is 2.54. The molecule has 2 rings (SSSR count). The molecule has 0 heterocycles. The highest BCUT2D eigenvalue weighted by atomic mass is 16.5. The number of aliphatic carboxylic acids is 1. The lowest BCUT2D eigenvalue weighted by atomic mass is 10.1. The number of carboxylic acids is 2. The maximum Gasteiger partial charge on any atom is 0.341 e. The van der Waals surface area contributed by atoms with Crippen molar-refractivity contribution in [1.82, 2.24) is 0 Å². The quantitative estimate of drug-likeness (QED) is 0.506. The molecular weight excluding hydrogens is 362 g/mol. The highest BCUT2D eigenvalue weighted by Gasteiger charge is 2.14. The van der Waals surface area contributed by atoms with Crippen molar-refractivity contribution in [2.24, 2.45) is 4.99 Å². The summed E-state index contributed by atoms with van der Waals surface area (Å²) in [5.74, 6) is -1.40. The van der Waals surface area contributed by atoms with Crippen LogP contribution in [0.4, 0.5) is 5.69 Å². The summed E-state index contributed by atoms with van der Waals surface area (Å²) < 4.78 is 10.7. The Hall–Kier alpha value is -3.61. The van der Waals surface area contributed by atoms with Crippen LogP contribution in [-0.4, -0.2) is 42.1 Å². The predicted molar refractivity (Wildman–Crippen MR) is 105 cm³/mol. The lowest BCUT2D eigenvalue weighted by Crippen LogP contribution is -2.11. The van der Waals surface area contributed by atoms with Crippen LogP contribution in [-0.2, 0) is 11.2 Å². The van der Waals surface area contributed by atoms with E-state index in [1.54, 1.807) is 30.5 Å². The smallest absolute Gasteiger partial charge is 0.341 e. The van der Waals surface area contributed by atoms with E-state index in [0.29, 0.717) is 34.7 Å². The number of carbonyl (C=O) groups is 2. The Kier molecular flexibility index (Phi) is 6.92. The number of hydrogen-bond acceptors (Lipinski definition) is 5. The third kappa shape index (κ3) is 5.20. The van der Waals surface area contributed by atoms with Crippen LogP contribution in [0.3, 0.4) is 0 Å². The number of aryl methyl sites for hydroxylation is 1. The Balaban J connectivity index is 2.43.